The minimum Gasteiger partial charge on any atom is -0.383 e. The molecule has 38 heavy (non-hydrogen) atoms. The highest BCUT2D eigenvalue weighted by atomic mass is 32.2. The predicted molar refractivity (Wildman–Crippen MR) is 137 cm³/mol. The Hall–Kier alpha value is -3.28. The zero-order chi connectivity index (χ0) is 27.7. The quantitative estimate of drug-likeness (QED) is 0.187. The fourth-order valence-corrected chi connectivity index (χ4v) is 5.30. The molecule has 0 aromatic heterocycles. The van der Waals surface area contributed by atoms with Gasteiger partial charge in [-0.2, -0.15) is 18.4 Å². The molecule has 0 radical (unpaired) electrons. The second kappa shape index (κ2) is 13.5. The lowest BCUT2D eigenvalue weighted by Crippen LogP contribution is -2.43. The first-order valence-corrected chi connectivity index (χ1v) is 13.1. The fraction of sp³-hybridized carbons (Fsp3) is 0.500. The van der Waals surface area contributed by atoms with Crippen LogP contribution < -0.4 is 21.5 Å². The number of hydrogen-bond donors (Lipinski definition) is 4. The molecular formula is C24H30F3N7O3S. The second-order valence-electron chi connectivity index (χ2n) is 8.71. The Morgan fingerprint density at radius 1 is 1.21 bits per heavy atom. The summed E-state index contributed by atoms with van der Waals surface area (Å²) in [6.07, 6.45) is -1.83. The van der Waals surface area contributed by atoms with E-state index in [-0.39, 0.29) is 29.9 Å². The third-order valence-electron chi connectivity index (χ3n) is 5.89. The van der Waals surface area contributed by atoms with Crippen molar-refractivity contribution in [2.24, 2.45) is 0 Å². The first-order valence-electron chi connectivity index (χ1n) is 12.2. The van der Waals surface area contributed by atoms with Gasteiger partial charge in [-0.3, -0.25) is 19.8 Å². The Labute approximate surface area is 222 Å². The van der Waals surface area contributed by atoms with Crippen molar-refractivity contribution >= 4 is 40.9 Å². The molecule has 2 heterocycles. The van der Waals surface area contributed by atoms with E-state index in [2.05, 4.69) is 15.5 Å². The second-order valence-corrected chi connectivity index (χ2v) is 9.90. The molecule has 2 aliphatic heterocycles. The van der Waals surface area contributed by atoms with Gasteiger partial charge in [-0.15, -0.1) is 0 Å². The van der Waals surface area contributed by atoms with E-state index in [0.29, 0.717) is 17.8 Å². The number of thioether (sulfide) groups is 1. The summed E-state index contributed by atoms with van der Waals surface area (Å²) in [5, 5.41) is 14.9. The van der Waals surface area contributed by atoms with E-state index in [0.717, 1.165) is 44.2 Å². The normalized spacial score (nSPS) is 19.3. The summed E-state index contributed by atoms with van der Waals surface area (Å²) >= 11 is 0.990. The van der Waals surface area contributed by atoms with Crippen LogP contribution in [0.1, 0.15) is 26.2 Å². The van der Waals surface area contributed by atoms with Crippen molar-refractivity contribution in [1.82, 2.24) is 20.7 Å². The van der Waals surface area contributed by atoms with Gasteiger partial charge in [-0.05, 0) is 51.1 Å². The van der Waals surface area contributed by atoms with Crippen LogP contribution >= 0.6 is 11.8 Å². The lowest BCUT2D eigenvalue weighted by molar-refractivity contribution is -0.130. The summed E-state index contributed by atoms with van der Waals surface area (Å²) in [4.78, 5) is 41.1. The Morgan fingerprint density at radius 3 is 2.58 bits per heavy atom. The summed E-state index contributed by atoms with van der Waals surface area (Å²) in [5.74, 6) is -1.49. The van der Waals surface area contributed by atoms with Crippen LogP contribution in [0.4, 0.5) is 24.5 Å². The van der Waals surface area contributed by atoms with Crippen LogP contribution in [0.3, 0.4) is 0 Å². The van der Waals surface area contributed by atoms with E-state index >= 15 is 0 Å². The van der Waals surface area contributed by atoms with E-state index in [9.17, 15) is 32.8 Å². The Balaban J connectivity index is 1.58. The number of hydrazine groups is 1. The van der Waals surface area contributed by atoms with Crippen LogP contribution in [0.15, 0.2) is 34.9 Å². The predicted octanol–water partition coefficient (Wildman–Crippen LogP) is 2.41. The summed E-state index contributed by atoms with van der Waals surface area (Å²) in [6, 6.07) is 8.74. The van der Waals surface area contributed by atoms with Gasteiger partial charge in [0.05, 0.1) is 0 Å². The monoisotopic (exact) mass is 553 g/mol. The van der Waals surface area contributed by atoms with Crippen molar-refractivity contribution in [2.75, 3.05) is 49.9 Å². The fourth-order valence-electron chi connectivity index (χ4n) is 4.03. The van der Waals surface area contributed by atoms with Gasteiger partial charge in [0, 0.05) is 37.4 Å². The minimum atomic E-state index is -4.55. The molecule has 1 unspecified atom stereocenters. The van der Waals surface area contributed by atoms with Crippen LogP contribution in [0.5, 0.6) is 0 Å². The van der Waals surface area contributed by atoms with E-state index < -0.39 is 29.5 Å². The van der Waals surface area contributed by atoms with Crippen LogP contribution in [-0.2, 0) is 14.4 Å². The van der Waals surface area contributed by atoms with Crippen molar-refractivity contribution in [2.45, 2.75) is 37.6 Å². The molecule has 0 aliphatic carbocycles. The Kier molecular flexibility index (Phi) is 10.4. The number of hydrogen-bond acceptors (Lipinski definition) is 8. The molecule has 3 rings (SSSR count). The Bertz CT molecular complexity index is 1100. The van der Waals surface area contributed by atoms with Gasteiger partial charge in [0.15, 0.2) is 0 Å². The topological polar surface area (TPSA) is 130 Å². The maximum absolute atomic E-state index is 12.9. The maximum atomic E-state index is 12.9. The zero-order valence-corrected chi connectivity index (χ0v) is 21.7. The third-order valence-corrected chi connectivity index (χ3v) is 7.19. The minimum absolute atomic E-state index is 0.0807. The maximum Gasteiger partial charge on any atom is 0.402 e. The van der Waals surface area contributed by atoms with Crippen LogP contribution in [0, 0.1) is 11.3 Å². The van der Waals surface area contributed by atoms with Crippen LogP contribution in [-0.4, -0.2) is 78.2 Å². The molecule has 3 amide bonds. The number of likely N-dealkylation sites (tertiary alicyclic amines) is 1. The molecule has 0 saturated carbocycles. The molecule has 1 atom stereocenters. The number of carbonyl (C=O) groups is 3. The van der Waals surface area contributed by atoms with Crippen molar-refractivity contribution in [1.29, 1.82) is 5.26 Å². The molecule has 2 saturated heterocycles. The summed E-state index contributed by atoms with van der Waals surface area (Å²) in [7, 11) is 0. The van der Waals surface area contributed by atoms with Gasteiger partial charge in [0.2, 0.25) is 11.8 Å². The Morgan fingerprint density at radius 2 is 1.92 bits per heavy atom. The third kappa shape index (κ3) is 8.37. The molecule has 2 fully saturated rings. The summed E-state index contributed by atoms with van der Waals surface area (Å²) in [5.41, 5.74) is 4.40. The van der Waals surface area contributed by atoms with E-state index in [4.69, 9.17) is 0 Å². The molecule has 4 N–H and O–H groups in total. The lowest BCUT2D eigenvalue weighted by Gasteiger charge is -2.16. The SMILES string of the molecule is CCN1C(=O)C(CNc2cccc(NC(=O)CCN3CCCC3)c2)S/C1=C(/C#N)C(=O)NNCC(F)(F)F. The van der Waals surface area contributed by atoms with Crippen molar-refractivity contribution < 1.29 is 27.6 Å². The molecule has 206 valence electrons. The molecule has 14 heteroatoms. The molecule has 1 aromatic carbocycles. The number of rotatable bonds is 11. The first-order chi connectivity index (χ1) is 18.1. The number of halogens is 3. The average molecular weight is 554 g/mol. The van der Waals surface area contributed by atoms with E-state index in [1.54, 1.807) is 42.7 Å². The number of alkyl halides is 3. The standard InChI is InChI=1S/C24H30F3N7O3S/c1-2-34-22(37)19(38-23(34)18(13-28)21(36)32-30-15-24(25,26)27)14-29-16-6-5-7-17(12-16)31-20(35)8-11-33-9-3-4-10-33/h5-7,12,19,29-30H,2-4,8-11,14-15H2,1H3,(H,31,35)(H,32,36)/b23-18-. The van der Waals surface area contributed by atoms with Crippen LogP contribution in [0.25, 0.3) is 0 Å². The zero-order valence-electron chi connectivity index (χ0n) is 20.9. The summed E-state index contributed by atoms with van der Waals surface area (Å²) < 4.78 is 37.0. The van der Waals surface area contributed by atoms with Gasteiger partial charge in [-0.1, -0.05) is 17.8 Å². The number of nitrogens with one attached hydrogen (secondary N) is 4. The number of nitriles is 1. The molecule has 2 aliphatic rings. The first kappa shape index (κ1) is 29.3. The number of benzene rings is 1. The largest absolute Gasteiger partial charge is 0.402 e. The van der Waals surface area contributed by atoms with Crippen LogP contribution in [0.2, 0.25) is 0 Å². The molecule has 1 aromatic rings. The van der Waals surface area contributed by atoms with Gasteiger partial charge in [0.1, 0.15) is 28.5 Å². The summed E-state index contributed by atoms with van der Waals surface area (Å²) in [6.45, 7) is 3.28. The molecule has 0 bridgehead atoms. The van der Waals surface area contributed by atoms with Crippen molar-refractivity contribution in [3.63, 3.8) is 0 Å². The highest BCUT2D eigenvalue weighted by Gasteiger charge is 2.39. The number of anilines is 2. The smallest absolute Gasteiger partial charge is 0.383 e. The highest BCUT2D eigenvalue weighted by molar-refractivity contribution is 8.04. The molecular weight excluding hydrogens is 523 g/mol. The molecule has 0 spiro atoms. The number of amides is 3. The van der Waals surface area contributed by atoms with Gasteiger partial charge >= 0.3 is 6.18 Å². The van der Waals surface area contributed by atoms with Crippen molar-refractivity contribution in [3.05, 3.63) is 34.9 Å². The number of carbonyl (C=O) groups excluding carboxylic acids is 3. The van der Waals surface area contributed by atoms with Gasteiger partial charge in [-0.25, -0.2) is 5.43 Å². The number of nitrogens with zero attached hydrogens (tertiary/aromatic N) is 3. The van der Waals surface area contributed by atoms with E-state index in [1.165, 1.54) is 4.90 Å². The van der Waals surface area contributed by atoms with Gasteiger partial charge < -0.3 is 20.4 Å². The van der Waals surface area contributed by atoms with Gasteiger partial charge in [0.25, 0.3) is 5.91 Å². The average Bonchev–Trinajstić information content (AvgIpc) is 3.49. The molecule has 10 nitrogen and oxygen atoms in total. The lowest BCUT2D eigenvalue weighted by atomic mass is 10.2. The van der Waals surface area contributed by atoms with E-state index in [1.807, 2.05) is 5.43 Å². The highest BCUT2D eigenvalue weighted by Crippen LogP contribution is 2.37. The van der Waals surface area contributed by atoms with Crippen molar-refractivity contribution in [3.8, 4) is 6.07 Å².